The summed E-state index contributed by atoms with van der Waals surface area (Å²) in [5.41, 5.74) is 1.76. The molecule has 1 aliphatic carbocycles. The normalized spacial score (nSPS) is 17.7. The number of aromatic nitrogens is 3. The maximum absolute atomic E-state index is 12.8. The number of furan rings is 1. The SMILES string of the molecule is C[C@H]1CCc2c(sc(NC(=O)CSc3nnc(N4CCCC4)n3Cc3ccco3)c2C#N)C1. The van der Waals surface area contributed by atoms with Crippen molar-refractivity contribution in [1.29, 1.82) is 5.26 Å². The fourth-order valence-electron chi connectivity index (χ4n) is 4.49. The first-order chi connectivity index (χ1) is 16.1. The lowest BCUT2D eigenvalue weighted by Gasteiger charge is -2.17. The van der Waals surface area contributed by atoms with E-state index in [1.54, 1.807) is 17.6 Å². The molecule has 3 aromatic heterocycles. The number of nitriles is 1. The molecule has 1 saturated heterocycles. The van der Waals surface area contributed by atoms with Crippen LogP contribution in [0.25, 0.3) is 0 Å². The zero-order valence-corrected chi connectivity index (χ0v) is 20.2. The third kappa shape index (κ3) is 4.66. The molecule has 0 spiro atoms. The number of nitrogens with zero attached hydrogens (tertiary/aromatic N) is 5. The molecular weight excluding hydrogens is 456 g/mol. The van der Waals surface area contributed by atoms with Gasteiger partial charge in [-0.15, -0.1) is 21.5 Å². The molecule has 8 nitrogen and oxygen atoms in total. The monoisotopic (exact) mass is 482 g/mol. The molecule has 4 heterocycles. The highest BCUT2D eigenvalue weighted by Crippen LogP contribution is 2.39. The molecule has 3 aromatic rings. The quantitative estimate of drug-likeness (QED) is 0.501. The summed E-state index contributed by atoms with van der Waals surface area (Å²) in [4.78, 5) is 16.3. The van der Waals surface area contributed by atoms with Gasteiger partial charge >= 0.3 is 0 Å². The lowest BCUT2D eigenvalue weighted by Crippen LogP contribution is -2.22. The van der Waals surface area contributed by atoms with Crippen LogP contribution >= 0.6 is 23.1 Å². The van der Waals surface area contributed by atoms with E-state index in [4.69, 9.17) is 4.42 Å². The molecule has 1 amide bonds. The molecule has 1 aliphatic heterocycles. The van der Waals surface area contributed by atoms with Crippen LogP contribution in [0.4, 0.5) is 10.9 Å². The first-order valence-corrected chi connectivity index (χ1v) is 13.1. The molecule has 172 valence electrons. The van der Waals surface area contributed by atoms with E-state index in [9.17, 15) is 10.1 Å². The summed E-state index contributed by atoms with van der Waals surface area (Å²) in [7, 11) is 0. The van der Waals surface area contributed by atoms with Crippen molar-refractivity contribution in [3.63, 3.8) is 0 Å². The number of nitrogens with one attached hydrogen (secondary N) is 1. The highest BCUT2D eigenvalue weighted by molar-refractivity contribution is 7.99. The van der Waals surface area contributed by atoms with E-state index >= 15 is 0 Å². The Bertz CT molecular complexity index is 1170. The van der Waals surface area contributed by atoms with E-state index in [-0.39, 0.29) is 11.7 Å². The number of hydrogen-bond acceptors (Lipinski definition) is 8. The Morgan fingerprint density at radius 3 is 3.00 bits per heavy atom. The Labute approximate surface area is 201 Å². The number of rotatable bonds is 7. The topological polar surface area (TPSA) is 100.0 Å². The van der Waals surface area contributed by atoms with Crippen LogP contribution in [0.5, 0.6) is 0 Å². The second-order valence-corrected chi connectivity index (χ2v) is 10.7. The Hall–Kier alpha value is -2.77. The highest BCUT2D eigenvalue weighted by Gasteiger charge is 2.26. The van der Waals surface area contributed by atoms with Crippen LogP contribution < -0.4 is 10.2 Å². The molecule has 0 radical (unpaired) electrons. The highest BCUT2D eigenvalue weighted by atomic mass is 32.2. The van der Waals surface area contributed by atoms with Gasteiger partial charge in [0.25, 0.3) is 0 Å². The lowest BCUT2D eigenvalue weighted by molar-refractivity contribution is -0.113. The molecule has 0 saturated carbocycles. The first kappa shape index (κ1) is 22.0. The largest absolute Gasteiger partial charge is 0.467 e. The van der Waals surface area contributed by atoms with Gasteiger partial charge in [0.1, 0.15) is 16.8 Å². The molecular formula is C23H26N6O2S2. The zero-order valence-electron chi connectivity index (χ0n) is 18.5. The summed E-state index contributed by atoms with van der Waals surface area (Å²) in [6, 6.07) is 6.11. The molecule has 1 fully saturated rings. The van der Waals surface area contributed by atoms with E-state index in [2.05, 4.69) is 33.4 Å². The van der Waals surface area contributed by atoms with E-state index < -0.39 is 0 Å². The van der Waals surface area contributed by atoms with Crippen LogP contribution in [0.15, 0.2) is 28.0 Å². The van der Waals surface area contributed by atoms with E-state index in [0.717, 1.165) is 62.5 Å². The standard InChI is InChI=1S/C23H26N6O2S2/c1-15-6-7-17-18(12-24)21(33-19(17)11-15)25-20(30)14-32-23-27-26-22(28-8-2-3-9-28)29(23)13-16-5-4-10-31-16/h4-5,10,15H,2-3,6-9,11,13-14H2,1H3,(H,25,30)/t15-/m0/s1. The predicted molar refractivity (Wildman–Crippen MR) is 129 cm³/mol. The minimum atomic E-state index is -0.140. The summed E-state index contributed by atoms with van der Waals surface area (Å²) in [6.07, 6.45) is 6.92. The molecule has 0 unspecified atom stereocenters. The molecule has 1 N–H and O–H groups in total. The summed E-state index contributed by atoms with van der Waals surface area (Å²) in [5.74, 6) is 2.31. The number of anilines is 2. The number of carbonyl (C=O) groups excluding carboxylic acids is 1. The van der Waals surface area contributed by atoms with Crippen LogP contribution in [0.2, 0.25) is 0 Å². The van der Waals surface area contributed by atoms with Crippen LogP contribution in [0.3, 0.4) is 0 Å². The second kappa shape index (κ2) is 9.61. The van der Waals surface area contributed by atoms with Crippen LogP contribution in [0.1, 0.15) is 48.0 Å². The molecule has 1 atom stereocenters. The molecule has 10 heteroatoms. The van der Waals surface area contributed by atoms with Crippen LogP contribution in [-0.2, 0) is 24.2 Å². The first-order valence-electron chi connectivity index (χ1n) is 11.3. The molecule has 0 bridgehead atoms. The zero-order chi connectivity index (χ0) is 22.8. The van der Waals surface area contributed by atoms with Gasteiger partial charge in [-0.2, -0.15) is 5.26 Å². The van der Waals surface area contributed by atoms with Gasteiger partial charge in [-0.3, -0.25) is 9.36 Å². The van der Waals surface area contributed by atoms with Crippen molar-refractivity contribution in [1.82, 2.24) is 14.8 Å². The van der Waals surface area contributed by atoms with Crippen molar-refractivity contribution in [3.05, 3.63) is 40.2 Å². The molecule has 2 aliphatic rings. The Balaban J connectivity index is 1.29. The fraction of sp³-hybridized carbons (Fsp3) is 0.478. The summed E-state index contributed by atoms with van der Waals surface area (Å²) in [5, 5.41) is 22.8. The van der Waals surface area contributed by atoms with Crippen molar-refractivity contribution in [2.24, 2.45) is 5.92 Å². The van der Waals surface area contributed by atoms with Crippen LogP contribution in [-0.4, -0.2) is 39.5 Å². The van der Waals surface area contributed by atoms with Gasteiger partial charge in [-0.1, -0.05) is 18.7 Å². The average Bonchev–Trinajstić information content (AvgIpc) is 3.59. The van der Waals surface area contributed by atoms with Gasteiger partial charge in [0.05, 0.1) is 24.1 Å². The number of thioether (sulfide) groups is 1. The fourth-order valence-corrected chi connectivity index (χ4v) is 6.60. The lowest BCUT2D eigenvalue weighted by atomic mass is 9.89. The summed E-state index contributed by atoms with van der Waals surface area (Å²) in [6.45, 7) is 4.67. The van der Waals surface area contributed by atoms with Crippen LogP contribution in [0, 0.1) is 17.2 Å². The van der Waals surface area contributed by atoms with Gasteiger partial charge in [-0.25, -0.2) is 0 Å². The van der Waals surface area contributed by atoms with Crippen molar-refractivity contribution < 1.29 is 9.21 Å². The van der Waals surface area contributed by atoms with Crippen molar-refractivity contribution in [2.45, 2.75) is 50.7 Å². The van der Waals surface area contributed by atoms with Crippen molar-refractivity contribution in [3.8, 4) is 6.07 Å². The van der Waals surface area contributed by atoms with Gasteiger partial charge in [-0.05, 0) is 55.7 Å². The summed E-state index contributed by atoms with van der Waals surface area (Å²) < 4.78 is 7.57. The van der Waals surface area contributed by atoms with Crippen molar-refractivity contribution in [2.75, 3.05) is 29.1 Å². The maximum atomic E-state index is 12.8. The number of fused-ring (bicyclic) bond motifs is 1. The molecule has 33 heavy (non-hydrogen) atoms. The predicted octanol–water partition coefficient (Wildman–Crippen LogP) is 4.31. The van der Waals surface area contributed by atoms with Gasteiger partial charge in [0.2, 0.25) is 11.9 Å². The number of thiophene rings is 1. The van der Waals surface area contributed by atoms with E-state index in [0.29, 0.717) is 28.2 Å². The minimum absolute atomic E-state index is 0.140. The van der Waals surface area contributed by atoms with E-state index in [1.165, 1.54) is 16.6 Å². The van der Waals surface area contributed by atoms with E-state index in [1.807, 2.05) is 16.7 Å². The number of carbonyl (C=O) groups is 1. The Morgan fingerprint density at radius 2 is 2.24 bits per heavy atom. The third-order valence-corrected chi connectivity index (χ3v) is 8.33. The second-order valence-electron chi connectivity index (χ2n) is 8.65. The number of amides is 1. The Kier molecular flexibility index (Phi) is 6.42. The Morgan fingerprint density at radius 1 is 1.39 bits per heavy atom. The third-order valence-electron chi connectivity index (χ3n) is 6.19. The van der Waals surface area contributed by atoms with Gasteiger partial charge < -0.3 is 14.6 Å². The van der Waals surface area contributed by atoms with Gasteiger partial charge in [0, 0.05) is 18.0 Å². The number of hydrogen-bond donors (Lipinski definition) is 1. The summed E-state index contributed by atoms with van der Waals surface area (Å²) >= 11 is 2.91. The molecule has 0 aromatic carbocycles. The smallest absolute Gasteiger partial charge is 0.235 e. The van der Waals surface area contributed by atoms with Gasteiger partial charge in [0.15, 0.2) is 5.16 Å². The maximum Gasteiger partial charge on any atom is 0.235 e. The average molecular weight is 483 g/mol. The van der Waals surface area contributed by atoms with Crippen molar-refractivity contribution >= 4 is 40.0 Å². The molecule has 5 rings (SSSR count). The minimum Gasteiger partial charge on any atom is -0.467 e.